The Labute approximate surface area is 96.5 Å². The Morgan fingerprint density at radius 1 is 1.44 bits per heavy atom. The fraction of sp³-hybridized carbons (Fsp3) is 0.462. The average Bonchev–Trinajstić information content (AvgIpc) is 2.28. The molecule has 1 rings (SSSR count). The molecule has 1 aromatic rings. The molecule has 2 N–H and O–H groups in total. The van der Waals surface area contributed by atoms with Crippen molar-refractivity contribution in [2.45, 2.75) is 32.7 Å². The zero-order chi connectivity index (χ0) is 12.0. The van der Waals surface area contributed by atoms with Crippen molar-refractivity contribution < 1.29 is 9.90 Å². The normalized spacial score (nSPS) is 12.2. The third kappa shape index (κ3) is 3.35. The van der Waals surface area contributed by atoms with Crippen molar-refractivity contribution in [2.75, 3.05) is 6.61 Å². The van der Waals surface area contributed by atoms with E-state index in [1.165, 1.54) is 0 Å². The molecule has 0 heterocycles. The summed E-state index contributed by atoms with van der Waals surface area (Å²) in [6, 6.07) is 7.56. The van der Waals surface area contributed by atoms with Gasteiger partial charge in [0.05, 0.1) is 0 Å². The van der Waals surface area contributed by atoms with Crippen molar-refractivity contribution in [3.05, 3.63) is 35.4 Å². The maximum atomic E-state index is 11.9. The summed E-state index contributed by atoms with van der Waals surface area (Å²) < 4.78 is 0. The fourth-order valence-corrected chi connectivity index (χ4v) is 1.63. The van der Waals surface area contributed by atoms with Crippen molar-refractivity contribution in [1.29, 1.82) is 0 Å². The van der Waals surface area contributed by atoms with Crippen LogP contribution in [0.15, 0.2) is 24.3 Å². The molecule has 1 atom stereocenters. The molecule has 0 radical (unpaired) electrons. The molecule has 3 heteroatoms. The molecular weight excluding hydrogens is 202 g/mol. The van der Waals surface area contributed by atoms with E-state index in [1.54, 1.807) is 0 Å². The molecule has 16 heavy (non-hydrogen) atoms. The summed E-state index contributed by atoms with van der Waals surface area (Å²) in [5, 5.41) is 11.8. The van der Waals surface area contributed by atoms with Gasteiger partial charge in [-0.15, -0.1) is 0 Å². The first-order valence-electron chi connectivity index (χ1n) is 5.66. The summed E-state index contributed by atoms with van der Waals surface area (Å²) in [5.74, 6) is -0.0570. The van der Waals surface area contributed by atoms with Crippen molar-refractivity contribution in [2.24, 2.45) is 0 Å². The predicted octanol–water partition coefficient (Wildman–Crippen LogP) is 1.89. The summed E-state index contributed by atoms with van der Waals surface area (Å²) in [7, 11) is 0. The Balaban J connectivity index is 2.68. The third-order valence-corrected chi connectivity index (χ3v) is 2.70. The van der Waals surface area contributed by atoms with Gasteiger partial charge in [-0.2, -0.15) is 0 Å². The van der Waals surface area contributed by atoms with Gasteiger partial charge in [0.2, 0.25) is 0 Å². The quantitative estimate of drug-likeness (QED) is 0.797. The van der Waals surface area contributed by atoms with E-state index in [-0.39, 0.29) is 18.6 Å². The van der Waals surface area contributed by atoms with Crippen molar-refractivity contribution in [3.63, 3.8) is 0 Å². The van der Waals surface area contributed by atoms with Crippen molar-refractivity contribution in [1.82, 2.24) is 5.32 Å². The zero-order valence-corrected chi connectivity index (χ0v) is 9.86. The number of aryl methyl sites for hydroxylation is 1. The van der Waals surface area contributed by atoms with Gasteiger partial charge in [0, 0.05) is 18.2 Å². The van der Waals surface area contributed by atoms with E-state index < -0.39 is 0 Å². The number of aliphatic hydroxyl groups is 1. The first-order chi connectivity index (χ1) is 7.69. The van der Waals surface area contributed by atoms with E-state index in [0.29, 0.717) is 12.0 Å². The molecule has 0 aliphatic heterocycles. The smallest absolute Gasteiger partial charge is 0.251 e. The number of rotatable bonds is 5. The minimum atomic E-state index is -0.0570. The Bertz CT molecular complexity index is 350. The van der Waals surface area contributed by atoms with Gasteiger partial charge >= 0.3 is 0 Å². The second kappa shape index (κ2) is 6.28. The van der Waals surface area contributed by atoms with Crippen molar-refractivity contribution in [3.8, 4) is 0 Å². The Morgan fingerprint density at radius 2 is 2.12 bits per heavy atom. The number of nitrogens with one attached hydrogen (secondary N) is 1. The summed E-state index contributed by atoms with van der Waals surface area (Å²) in [4.78, 5) is 11.9. The minimum Gasteiger partial charge on any atom is -0.396 e. The number of aliphatic hydroxyl groups excluding tert-OH is 1. The summed E-state index contributed by atoms with van der Waals surface area (Å²) in [5.41, 5.74) is 1.68. The molecule has 1 unspecified atom stereocenters. The molecular formula is C13H19NO2. The molecule has 1 amide bonds. The molecule has 88 valence electrons. The number of hydrogen-bond donors (Lipinski definition) is 2. The maximum absolute atomic E-state index is 11.9. The Kier molecular flexibility index (Phi) is 4.99. The lowest BCUT2D eigenvalue weighted by atomic mass is 10.1. The van der Waals surface area contributed by atoms with Gasteiger partial charge in [0.1, 0.15) is 0 Å². The average molecular weight is 221 g/mol. The highest BCUT2D eigenvalue weighted by Gasteiger charge is 2.12. The molecule has 0 bridgehead atoms. The first-order valence-corrected chi connectivity index (χ1v) is 5.66. The first kappa shape index (κ1) is 12.7. The molecule has 0 saturated carbocycles. The van der Waals surface area contributed by atoms with E-state index >= 15 is 0 Å². The molecule has 0 saturated heterocycles. The lowest BCUT2D eigenvalue weighted by molar-refractivity contribution is 0.0928. The Morgan fingerprint density at radius 3 is 2.69 bits per heavy atom. The molecule has 0 aromatic heterocycles. The van der Waals surface area contributed by atoms with Crippen LogP contribution in [-0.4, -0.2) is 23.7 Å². The largest absolute Gasteiger partial charge is 0.396 e. The SMILES string of the molecule is CCC(CCO)NC(=O)c1ccccc1C. The third-order valence-electron chi connectivity index (χ3n) is 2.70. The van der Waals surface area contributed by atoms with Crippen LogP contribution in [0.3, 0.4) is 0 Å². The van der Waals surface area contributed by atoms with E-state index in [1.807, 2.05) is 38.1 Å². The summed E-state index contributed by atoms with van der Waals surface area (Å²) in [6.45, 7) is 4.02. The van der Waals surface area contributed by atoms with Gasteiger partial charge in [0.25, 0.3) is 5.91 Å². The lowest BCUT2D eigenvalue weighted by Gasteiger charge is -2.16. The number of benzene rings is 1. The highest BCUT2D eigenvalue weighted by molar-refractivity contribution is 5.95. The van der Waals surface area contributed by atoms with E-state index in [2.05, 4.69) is 5.32 Å². The van der Waals surface area contributed by atoms with Crippen LogP contribution in [0, 0.1) is 6.92 Å². The van der Waals surface area contributed by atoms with Crippen LogP contribution in [-0.2, 0) is 0 Å². The lowest BCUT2D eigenvalue weighted by Crippen LogP contribution is -2.35. The summed E-state index contributed by atoms with van der Waals surface area (Å²) >= 11 is 0. The Hall–Kier alpha value is -1.35. The van der Waals surface area contributed by atoms with Crippen LogP contribution in [0.4, 0.5) is 0 Å². The predicted molar refractivity (Wildman–Crippen MR) is 64.4 cm³/mol. The van der Waals surface area contributed by atoms with Crippen LogP contribution in [0.1, 0.15) is 35.7 Å². The van der Waals surface area contributed by atoms with Crippen LogP contribution >= 0.6 is 0 Å². The van der Waals surface area contributed by atoms with Gasteiger partial charge in [-0.25, -0.2) is 0 Å². The standard InChI is InChI=1S/C13H19NO2/c1-3-11(8-9-15)14-13(16)12-7-5-4-6-10(12)2/h4-7,11,15H,3,8-9H2,1-2H3,(H,14,16). The number of hydrogen-bond acceptors (Lipinski definition) is 2. The second-order valence-electron chi connectivity index (χ2n) is 3.91. The molecule has 0 fully saturated rings. The van der Waals surface area contributed by atoms with Crippen LogP contribution in [0.2, 0.25) is 0 Å². The molecule has 0 spiro atoms. The number of amides is 1. The van der Waals surface area contributed by atoms with Crippen LogP contribution in [0.25, 0.3) is 0 Å². The van der Waals surface area contributed by atoms with Crippen LogP contribution in [0.5, 0.6) is 0 Å². The van der Waals surface area contributed by atoms with Crippen molar-refractivity contribution >= 4 is 5.91 Å². The number of carbonyl (C=O) groups is 1. The molecule has 0 aliphatic carbocycles. The maximum Gasteiger partial charge on any atom is 0.251 e. The van der Waals surface area contributed by atoms with E-state index in [0.717, 1.165) is 12.0 Å². The zero-order valence-electron chi connectivity index (χ0n) is 9.86. The summed E-state index contributed by atoms with van der Waals surface area (Å²) in [6.07, 6.45) is 1.44. The van der Waals surface area contributed by atoms with Gasteiger partial charge in [-0.05, 0) is 31.4 Å². The highest BCUT2D eigenvalue weighted by Crippen LogP contribution is 2.08. The van der Waals surface area contributed by atoms with Gasteiger partial charge < -0.3 is 10.4 Å². The fourth-order valence-electron chi connectivity index (χ4n) is 1.63. The van der Waals surface area contributed by atoms with E-state index in [9.17, 15) is 4.79 Å². The topological polar surface area (TPSA) is 49.3 Å². The van der Waals surface area contributed by atoms with Gasteiger partial charge in [-0.1, -0.05) is 25.1 Å². The van der Waals surface area contributed by atoms with Gasteiger partial charge in [0.15, 0.2) is 0 Å². The minimum absolute atomic E-state index is 0.0529. The molecule has 3 nitrogen and oxygen atoms in total. The molecule has 0 aliphatic rings. The van der Waals surface area contributed by atoms with Gasteiger partial charge in [-0.3, -0.25) is 4.79 Å². The molecule has 1 aromatic carbocycles. The van der Waals surface area contributed by atoms with E-state index in [4.69, 9.17) is 5.11 Å². The highest BCUT2D eigenvalue weighted by atomic mass is 16.3. The van der Waals surface area contributed by atoms with Crippen LogP contribution < -0.4 is 5.32 Å². The second-order valence-corrected chi connectivity index (χ2v) is 3.91. The number of carbonyl (C=O) groups excluding carboxylic acids is 1. The monoisotopic (exact) mass is 221 g/mol.